The number of hydrogen-bond acceptors (Lipinski definition) is 2. The predicted molar refractivity (Wildman–Crippen MR) is 21.4 cm³/mol. The second-order valence-electron chi connectivity index (χ2n) is 0.989. The van der Waals surface area contributed by atoms with Gasteiger partial charge in [-0.2, -0.15) is 0 Å². The maximum absolute atomic E-state index is 3.85. The van der Waals surface area contributed by atoms with Gasteiger partial charge >= 0.3 is 0 Å². The van der Waals surface area contributed by atoms with Crippen LogP contribution in [0.2, 0.25) is 0 Å². The molecule has 0 unspecified atom stereocenters. The Morgan fingerprint density at radius 1 is 1.67 bits per heavy atom. The van der Waals surface area contributed by atoms with Crippen LogP contribution in [0.5, 0.6) is 0 Å². The monoisotopic (exact) mass is 223 g/mol. The van der Waals surface area contributed by atoms with E-state index >= 15 is 0 Å². The Hall–Kier alpha value is 1.05. The molecule has 0 atom stereocenters. The second-order valence-corrected chi connectivity index (χ2v) is 0.989. The Morgan fingerprint density at radius 2 is 2.50 bits per heavy atom. The minimum absolute atomic E-state index is 0. The molecule has 0 saturated heterocycles. The van der Waals surface area contributed by atoms with E-state index in [0.717, 1.165) is 13.1 Å². The zero-order valence-electron chi connectivity index (χ0n) is 3.32. The Kier molecular flexibility index (Phi) is 4.96. The van der Waals surface area contributed by atoms with Crippen molar-refractivity contribution in [2.45, 2.75) is 0 Å². The van der Waals surface area contributed by atoms with Crippen LogP contribution in [-0.2, 0) is 0 Å². The summed E-state index contributed by atoms with van der Waals surface area (Å²) in [6.45, 7) is 1.99. The summed E-state index contributed by atoms with van der Waals surface area (Å²) in [7, 11) is 0. The van der Waals surface area contributed by atoms with Crippen LogP contribution in [0.4, 0.5) is 0 Å². The Morgan fingerprint density at radius 3 is 2.67 bits per heavy atom. The molecule has 0 aliphatic carbocycles. The van der Waals surface area contributed by atoms with Crippen LogP contribution in [0.15, 0.2) is 4.99 Å². The summed E-state index contributed by atoms with van der Waals surface area (Å²) in [4.78, 5) is 3.85. The first-order valence-corrected chi connectivity index (χ1v) is 1.72. The molecule has 0 spiro atoms. The van der Waals surface area contributed by atoms with E-state index in [1.807, 2.05) is 0 Å². The van der Waals surface area contributed by atoms with Gasteiger partial charge in [0.05, 0.1) is 12.9 Å². The number of nitrogens with one attached hydrogen (secondary N) is 1. The molecule has 1 aliphatic rings. The van der Waals surface area contributed by atoms with Gasteiger partial charge in [0, 0.05) is 55.9 Å². The predicted octanol–water partition coefficient (Wildman–Crippen LogP) is -0.382. The van der Waals surface area contributed by atoms with Crippen molar-refractivity contribution >= 4 is 6.34 Å². The van der Waals surface area contributed by atoms with Gasteiger partial charge in [0.1, 0.15) is 0 Å². The Bertz CT molecular complexity index is 46.8. The van der Waals surface area contributed by atoms with E-state index in [1.54, 1.807) is 6.34 Å². The van der Waals surface area contributed by atoms with E-state index in [4.69, 9.17) is 0 Å². The first-order valence-electron chi connectivity index (χ1n) is 1.72. The van der Waals surface area contributed by atoms with Gasteiger partial charge in [-0.15, -0.1) is 0 Å². The molecule has 3 heteroatoms. The molecule has 0 aromatic heterocycles. The van der Waals surface area contributed by atoms with E-state index in [9.17, 15) is 0 Å². The van der Waals surface area contributed by atoms with E-state index in [-0.39, 0.29) is 49.4 Å². The molecule has 0 fully saturated rings. The van der Waals surface area contributed by atoms with Gasteiger partial charge in [-0.3, -0.25) is 4.99 Å². The molecular formula is C3H6EuN2. The zero-order valence-corrected chi connectivity index (χ0v) is 5.74. The molecule has 1 radical (unpaired) electrons. The molecule has 35 valence electrons. The summed E-state index contributed by atoms with van der Waals surface area (Å²) < 4.78 is 0. The normalized spacial score (nSPS) is 16.0. The number of nitrogens with zero attached hydrogens (tertiary/aromatic N) is 1. The van der Waals surface area contributed by atoms with Gasteiger partial charge in [-0.05, 0) is 0 Å². The summed E-state index contributed by atoms with van der Waals surface area (Å²) >= 11 is 0. The Labute approximate surface area is 77.9 Å². The minimum Gasteiger partial charge on any atom is -0.375 e. The molecule has 2 nitrogen and oxygen atoms in total. The molecule has 1 heterocycles. The molecule has 0 aromatic carbocycles. The zero-order chi connectivity index (χ0) is 3.54. The Balaban J connectivity index is 0.000000250. The fourth-order valence-corrected chi connectivity index (χ4v) is 0.323. The van der Waals surface area contributed by atoms with Crippen LogP contribution < -0.4 is 5.32 Å². The van der Waals surface area contributed by atoms with Crippen LogP contribution in [0.1, 0.15) is 0 Å². The third kappa shape index (κ3) is 2.27. The summed E-state index contributed by atoms with van der Waals surface area (Å²) in [6, 6.07) is 0. The summed E-state index contributed by atoms with van der Waals surface area (Å²) in [6.07, 6.45) is 1.74. The topological polar surface area (TPSA) is 24.4 Å². The quantitative estimate of drug-likeness (QED) is 0.593. The summed E-state index contributed by atoms with van der Waals surface area (Å²) in [5.74, 6) is 0. The molecule has 0 bridgehead atoms. The molecule has 0 amide bonds. The standard InChI is InChI=1S/C3H6N2.Eu/c1-2-5-3-4-1;/h3H,1-2H2,(H,4,5);. The summed E-state index contributed by atoms with van der Waals surface area (Å²) in [5.41, 5.74) is 0. The molecule has 0 saturated carbocycles. The van der Waals surface area contributed by atoms with E-state index in [2.05, 4.69) is 10.3 Å². The van der Waals surface area contributed by atoms with Crippen molar-refractivity contribution in [2.24, 2.45) is 4.99 Å². The minimum atomic E-state index is 0. The first-order chi connectivity index (χ1) is 2.50. The van der Waals surface area contributed by atoms with E-state index in [0.29, 0.717) is 0 Å². The maximum atomic E-state index is 3.85. The van der Waals surface area contributed by atoms with Crippen molar-refractivity contribution in [3.63, 3.8) is 0 Å². The largest absolute Gasteiger partial charge is 0.375 e. The SMILES string of the molecule is C1=NCCN1.[Eu]. The van der Waals surface area contributed by atoms with Crippen LogP contribution >= 0.6 is 0 Å². The fourth-order valence-electron chi connectivity index (χ4n) is 0.323. The molecular weight excluding hydrogens is 216 g/mol. The summed E-state index contributed by atoms with van der Waals surface area (Å²) in [5, 5.41) is 2.93. The fraction of sp³-hybridized carbons (Fsp3) is 0.667. The molecule has 6 heavy (non-hydrogen) atoms. The van der Waals surface area contributed by atoms with Crippen LogP contribution in [-0.4, -0.2) is 19.4 Å². The van der Waals surface area contributed by atoms with E-state index < -0.39 is 0 Å². The van der Waals surface area contributed by atoms with Crippen LogP contribution in [0, 0.1) is 49.4 Å². The second kappa shape index (κ2) is 4.22. The smallest absolute Gasteiger partial charge is 0.0825 e. The van der Waals surface area contributed by atoms with Crippen molar-refractivity contribution in [2.75, 3.05) is 13.1 Å². The third-order valence-corrected chi connectivity index (χ3v) is 0.568. The van der Waals surface area contributed by atoms with Crippen molar-refractivity contribution in [1.29, 1.82) is 0 Å². The van der Waals surface area contributed by atoms with Gasteiger partial charge in [0.15, 0.2) is 0 Å². The van der Waals surface area contributed by atoms with Crippen LogP contribution in [0.25, 0.3) is 0 Å². The van der Waals surface area contributed by atoms with Crippen molar-refractivity contribution in [3.8, 4) is 0 Å². The number of aliphatic imine (C=N–C) groups is 1. The third-order valence-electron chi connectivity index (χ3n) is 0.568. The molecule has 0 aromatic rings. The van der Waals surface area contributed by atoms with E-state index in [1.165, 1.54) is 0 Å². The average Bonchev–Trinajstić information content (AvgIpc) is 1.76. The van der Waals surface area contributed by atoms with Crippen molar-refractivity contribution in [3.05, 3.63) is 0 Å². The first kappa shape index (κ1) is 7.05. The maximum Gasteiger partial charge on any atom is 0.0825 e. The van der Waals surface area contributed by atoms with Gasteiger partial charge in [0.25, 0.3) is 0 Å². The number of rotatable bonds is 0. The van der Waals surface area contributed by atoms with Gasteiger partial charge in [-0.25, -0.2) is 0 Å². The number of hydrogen-bond donors (Lipinski definition) is 1. The van der Waals surface area contributed by atoms with Gasteiger partial charge < -0.3 is 5.32 Å². The molecule has 1 aliphatic heterocycles. The van der Waals surface area contributed by atoms with Crippen molar-refractivity contribution in [1.82, 2.24) is 5.32 Å². The van der Waals surface area contributed by atoms with Gasteiger partial charge in [-0.1, -0.05) is 0 Å². The molecule has 1 N–H and O–H groups in total. The van der Waals surface area contributed by atoms with Crippen LogP contribution in [0.3, 0.4) is 0 Å². The average molecular weight is 222 g/mol. The molecule has 1 rings (SSSR count). The van der Waals surface area contributed by atoms with Gasteiger partial charge in [0.2, 0.25) is 0 Å². The van der Waals surface area contributed by atoms with Crippen molar-refractivity contribution < 1.29 is 49.4 Å².